The first-order valence-corrected chi connectivity index (χ1v) is 4.79. The van der Waals surface area contributed by atoms with Crippen molar-refractivity contribution >= 4 is 11.1 Å². The van der Waals surface area contributed by atoms with Crippen LogP contribution in [0.1, 0.15) is 24.5 Å². The van der Waals surface area contributed by atoms with E-state index < -0.39 is 0 Å². The summed E-state index contributed by atoms with van der Waals surface area (Å²) in [4.78, 5) is 0. The molecule has 0 bridgehead atoms. The maximum absolute atomic E-state index is 5.47. The molecule has 1 heteroatoms. The van der Waals surface area contributed by atoms with Crippen LogP contribution in [0.5, 0.6) is 0 Å². The number of hydrogen-bond acceptors (Lipinski definition) is 1. The molecule has 1 rings (SSSR count). The molecule has 0 aliphatic rings. The number of nitrogens with two attached hydrogens (primary N) is 1. The lowest BCUT2D eigenvalue weighted by atomic mass is 10.0. The third-order valence-electron chi connectivity index (χ3n) is 2.23. The fraction of sp³-hybridized carbons (Fsp3) is 0.231. The molecule has 0 aliphatic carbocycles. The second kappa shape index (κ2) is 4.77. The summed E-state index contributed by atoms with van der Waals surface area (Å²) in [7, 11) is 0. The average Bonchev–Trinajstić information content (AvgIpc) is 2.18. The van der Waals surface area contributed by atoms with Crippen molar-refractivity contribution in [3.63, 3.8) is 0 Å². The van der Waals surface area contributed by atoms with Crippen LogP contribution < -0.4 is 5.73 Å². The lowest BCUT2D eigenvalue weighted by Gasteiger charge is -2.05. The van der Waals surface area contributed by atoms with Gasteiger partial charge in [-0.15, -0.1) is 0 Å². The highest BCUT2D eigenvalue weighted by Crippen LogP contribution is 2.18. The molecule has 14 heavy (non-hydrogen) atoms. The molecular formula is C13H17N. The molecule has 0 heterocycles. The van der Waals surface area contributed by atoms with Crippen LogP contribution in [0.4, 0.5) is 0 Å². The monoisotopic (exact) mass is 187 g/mol. The molecule has 0 radical (unpaired) electrons. The largest absolute Gasteiger partial charge is 0.330 e. The van der Waals surface area contributed by atoms with Crippen molar-refractivity contribution in [2.75, 3.05) is 6.54 Å². The van der Waals surface area contributed by atoms with Crippen LogP contribution in [-0.2, 0) is 0 Å². The molecule has 1 nitrogen and oxygen atoms in total. The van der Waals surface area contributed by atoms with Crippen LogP contribution in [0.15, 0.2) is 37.4 Å². The van der Waals surface area contributed by atoms with E-state index in [1.807, 2.05) is 6.92 Å². The van der Waals surface area contributed by atoms with Gasteiger partial charge in [-0.1, -0.05) is 43.0 Å². The zero-order valence-corrected chi connectivity index (χ0v) is 8.72. The smallest absolute Gasteiger partial charge is 0.00367 e. The molecule has 1 aromatic carbocycles. The molecule has 2 N–H and O–H groups in total. The van der Waals surface area contributed by atoms with Gasteiger partial charge in [0.25, 0.3) is 0 Å². The Morgan fingerprint density at radius 3 is 2.07 bits per heavy atom. The first-order chi connectivity index (χ1) is 6.65. The van der Waals surface area contributed by atoms with E-state index in [-0.39, 0.29) is 0 Å². The zero-order valence-electron chi connectivity index (χ0n) is 8.72. The van der Waals surface area contributed by atoms with E-state index in [1.165, 1.54) is 11.1 Å². The average molecular weight is 187 g/mol. The van der Waals surface area contributed by atoms with Gasteiger partial charge in [-0.2, -0.15) is 0 Å². The summed E-state index contributed by atoms with van der Waals surface area (Å²) in [5.41, 5.74) is 9.99. The summed E-state index contributed by atoms with van der Waals surface area (Å²) in [5, 5.41) is 0. The Morgan fingerprint density at radius 2 is 1.64 bits per heavy atom. The van der Waals surface area contributed by atoms with E-state index in [0.29, 0.717) is 6.54 Å². The normalized spacial score (nSPS) is 9.86. The maximum atomic E-state index is 5.47. The molecule has 0 atom stereocenters. The highest BCUT2D eigenvalue weighted by Gasteiger charge is 1.98. The minimum Gasteiger partial charge on any atom is -0.330 e. The zero-order chi connectivity index (χ0) is 10.6. The second-order valence-electron chi connectivity index (χ2n) is 3.50. The molecule has 74 valence electrons. The Hall–Kier alpha value is -1.34. The number of benzene rings is 1. The van der Waals surface area contributed by atoms with Crippen LogP contribution in [-0.4, -0.2) is 6.54 Å². The SMILES string of the molecule is C=C(C)c1ccc(C(=C)CCN)cc1. The highest BCUT2D eigenvalue weighted by atomic mass is 14.5. The molecule has 0 amide bonds. The van der Waals surface area contributed by atoms with E-state index in [0.717, 1.165) is 17.6 Å². The van der Waals surface area contributed by atoms with Crippen molar-refractivity contribution < 1.29 is 0 Å². The molecule has 0 saturated heterocycles. The molecule has 0 spiro atoms. The van der Waals surface area contributed by atoms with Crippen LogP contribution in [0.2, 0.25) is 0 Å². The maximum Gasteiger partial charge on any atom is -0.00367 e. The molecule has 0 saturated carbocycles. The van der Waals surface area contributed by atoms with Gasteiger partial charge in [0.1, 0.15) is 0 Å². The fourth-order valence-electron chi connectivity index (χ4n) is 1.31. The fourth-order valence-corrected chi connectivity index (χ4v) is 1.31. The van der Waals surface area contributed by atoms with Gasteiger partial charge in [-0.3, -0.25) is 0 Å². The van der Waals surface area contributed by atoms with Gasteiger partial charge >= 0.3 is 0 Å². The molecule has 0 aromatic heterocycles. The topological polar surface area (TPSA) is 26.0 Å². The Kier molecular flexibility index (Phi) is 3.66. The van der Waals surface area contributed by atoms with Gasteiger partial charge in [-0.05, 0) is 36.6 Å². The molecule has 0 aliphatic heterocycles. The van der Waals surface area contributed by atoms with Crippen molar-refractivity contribution in [1.82, 2.24) is 0 Å². The minimum absolute atomic E-state index is 0.654. The summed E-state index contributed by atoms with van der Waals surface area (Å²) in [6.45, 7) is 10.5. The van der Waals surface area contributed by atoms with E-state index in [9.17, 15) is 0 Å². The van der Waals surface area contributed by atoms with Crippen molar-refractivity contribution in [1.29, 1.82) is 0 Å². The van der Waals surface area contributed by atoms with Gasteiger partial charge in [0.15, 0.2) is 0 Å². The summed E-state index contributed by atoms with van der Waals surface area (Å²) in [6.07, 6.45) is 0.854. The van der Waals surface area contributed by atoms with E-state index >= 15 is 0 Å². The van der Waals surface area contributed by atoms with Crippen molar-refractivity contribution in [2.24, 2.45) is 5.73 Å². The van der Waals surface area contributed by atoms with Crippen LogP contribution in [0.3, 0.4) is 0 Å². The predicted octanol–water partition coefficient (Wildman–Crippen LogP) is 3.08. The Bertz CT molecular complexity index is 333. The predicted molar refractivity (Wildman–Crippen MR) is 63.9 cm³/mol. The Balaban J connectivity index is 2.83. The van der Waals surface area contributed by atoms with Gasteiger partial charge in [0.05, 0.1) is 0 Å². The van der Waals surface area contributed by atoms with Gasteiger partial charge in [0, 0.05) is 0 Å². The van der Waals surface area contributed by atoms with Crippen LogP contribution in [0.25, 0.3) is 11.1 Å². The summed E-state index contributed by atoms with van der Waals surface area (Å²) >= 11 is 0. The highest BCUT2D eigenvalue weighted by molar-refractivity contribution is 5.67. The van der Waals surface area contributed by atoms with E-state index in [1.54, 1.807) is 0 Å². The standard InChI is InChI=1S/C13H17N/c1-10(2)12-4-6-13(7-5-12)11(3)8-9-14/h4-7H,1,3,8-9,14H2,2H3. The third kappa shape index (κ3) is 2.57. The molecule has 1 aromatic rings. The van der Waals surface area contributed by atoms with E-state index in [4.69, 9.17) is 5.73 Å². The number of rotatable bonds is 4. The summed E-state index contributed by atoms with van der Waals surface area (Å²) < 4.78 is 0. The number of allylic oxidation sites excluding steroid dienone is 1. The lowest BCUT2D eigenvalue weighted by Crippen LogP contribution is -1.99. The van der Waals surface area contributed by atoms with Gasteiger partial charge in [-0.25, -0.2) is 0 Å². The number of hydrogen-bond donors (Lipinski definition) is 1. The third-order valence-corrected chi connectivity index (χ3v) is 2.23. The summed E-state index contributed by atoms with van der Waals surface area (Å²) in [6, 6.07) is 8.28. The van der Waals surface area contributed by atoms with Crippen LogP contribution >= 0.6 is 0 Å². The van der Waals surface area contributed by atoms with Crippen molar-refractivity contribution in [3.05, 3.63) is 48.6 Å². The quantitative estimate of drug-likeness (QED) is 0.770. The van der Waals surface area contributed by atoms with Gasteiger partial charge < -0.3 is 5.73 Å². The Labute approximate surface area is 85.9 Å². The first-order valence-electron chi connectivity index (χ1n) is 4.79. The molecule has 0 fully saturated rings. The van der Waals surface area contributed by atoms with Crippen molar-refractivity contribution in [2.45, 2.75) is 13.3 Å². The lowest BCUT2D eigenvalue weighted by molar-refractivity contribution is 1.02. The minimum atomic E-state index is 0.654. The van der Waals surface area contributed by atoms with Gasteiger partial charge in [0.2, 0.25) is 0 Å². The second-order valence-corrected chi connectivity index (χ2v) is 3.50. The van der Waals surface area contributed by atoms with Crippen molar-refractivity contribution in [3.8, 4) is 0 Å². The Morgan fingerprint density at radius 1 is 1.14 bits per heavy atom. The van der Waals surface area contributed by atoms with Crippen LogP contribution in [0, 0.1) is 0 Å². The first kappa shape index (κ1) is 10.7. The van der Waals surface area contributed by atoms with E-state index in [2.05, 4.69) is 37.4 Å². The summed E-state index contributed by atoms with van der Waals surface area (Å²) in [5.74, 6) is 0. The molecule has 0 unspecified atom stereocenters. The molecular weight excluding hydrogens is 170 g/mol.